The van der Waals surface area contributed by atoms with Crippen LogP contribution in [0.3, 0.4) is 0 Å². The zero-order valence-corrected chi connectivity index (χ0v) is 12.8. The number of fused-ring (bicyclic) bond motifs is 1. The van der Waals surface area contributed by atoms with Gasteiger partial charge in [-0.1, -0.05) is 18.2 Å². The van der Waals surface area contributed by atoms with E-state index in [0.29, 0.717) is 11.1 Å². The summed E-state index contributed by atoms with van der Waals surface area (Å²) >= 11 is 0. The lowest BCUT2D eigenvalue weighted by Crippen LogP contribution is -2.29. The van der Waals surface area contributed by atoms with Crippen molar-refractivity contribution in [1.29, 1.82) is 0 Å². The average Bonchev–Trinajstić information content (AvgIpc) is 2.84. The van der Waals surface area contributed by atoms with Gasteiger partial charge in [0.05, 0.1) is 16.7 Å². The van der Waals surface area contributed by atoms with Crippen LogP contribution in [0.25, 0.3) is 0 Å². The highest BCUT2D eigenvalue weighted by atomic mass is 16.4. The molecule has 1 aliphatic heterocycles. The molecule has 0 aromatic heterocycles. The van der Waals surface area contributed by atoms with Crippen molar-refractivity contribution in [3.05, 3.63) is 70.3 Å². The Morgan fingerprint density at radius 1 is 0.875 bits per heavy atom. The Bertz CT molecular complexity index is 883. The highest BCUT2D eigenvalue weighted by molar-refractivity contribution is 6.22. The van der Waals surface area contributed by atoms with Gasteiger partial charge in [-0.15, -0.1) is 0 Å². The zero-order valence-electron chi connectivity index (χ0n) is 12.8. The fourth-order valence-corrected chi connectivity index (χ4v) is 2.65. The van der Waals surface area contributed by atoms with Gasteiger partial charge in [0.15, 0.2) is 5.78 Å². The van der Waals surface area contributed by atoms with Crippen LogP contribution in [-0.2, 0) is 0 Å². The Hall–Kier alpha value is -3.28. The van der Waals surface area contributed by atoms with E-state index in [4.69, 9.17) is 5.11 Å². The quantitative estimate of drug-likeness (QED) is 0.688. The predicted octanol–water partition coefficient (Wildman–Crippen LogP) is 2.23. The Morgan fingerprint density at radius 2 is 1.42 bits per heavy atom. The number of benzene rings is 2. The first-order chi connectivity index (χ1) is 11.4. The molecule has 0 spiro atoms. The number of ketones is 1. The molecular formula is C18H13NO5. The summed E-state index contributed by atoms with van der Waals surface area (Å²) in [4.78, 5) is 48.7. The van der Waals surface area contributed by atoms with E-state index in [9.17, 15) is 19.2 Å². The van der Waals surface area contributed by atoms with Crippen LogP contribution in [0.4, 0.5) is 0 Å². The van der Waals surface area contributed by atoms with Gasteiger partial charge in [-0.3, -0.25) is 19.3 Å². The van der Waals surface area contributed by atoms with E-state index >= 15 is 0 Å². The first-order valence-corrected chi connectivity index (χ1v) is 7.32. The summed E-state index contributed by atoms with van der Waals surface area (Å²) in [5.74, 6) is -2.18. The Balaban J connectivity index is 1.96. The molecule has 24 heavy (non-hydrogen) atoms. The summed E-state index contributed by atoms with van der Waals surface area (Å²) in [5, 5.41) is 8.88. The van der Waals surface area contributed by atoms with E-state index in [2.05, 4.69) is 0 Å². The summed E-state index contributed by atoms with van der Waals surface area (Å²) < 4.78 is 0. The van der Waals surface area contributed by atoms with E-state index in [1.165, 1.54) is 42.5 Å². The fourth-order valence-electron chi connectivity index (χ4n) is 2.65. The van der Waals surface area contributed by atoms with Crippen LogP contribution in [0.15, 0.2) is 42.5 Å². The lowest BCUT2D eigenvalue weighted by Gasteiger charge is -2.08. The largest absolute Gasteiger partial charge is 0.478 e. The second-order valence-corrected chi connectivity index (χ2v) is 5.33. The van der Waals surface area contributed by atoms with Gasteiger partial charge < -0.3 is 5.11 Å². The Kier molecular flexibility index (Phi) is 3.73. The van der Waals surface area contributed by atoms with E-state index in [-0.39, 0.29) is 34.9 Å². The predicted molar refractivity (Wildman–Crippen MR) is 84.3 cm³/mol. The SMILES string of the molecule is CCN1C(=O)c2ccc(C(=O)c3ccc(C(=O)O)cc3)cc2C1=O. The monoisotopic (exact) mass is 323 g/mol. The maximum Gasteiger partial charge on any atom is 0.335 e. The molecule has 6 nitrogen and oxygen atoms in total. The van der Waals surface area contributed by atoms with E-state index in [1.54, 1.807) is 6.92 Å². The maximum atomic E-state index is 12.5. The molecule has 3 rings (SSSR count). The van der Waals surface area contributed by atoms with Gasteiger partial charge in [0, 0.05) is 17.7 Å². The number of carbonyl (C=O) groups is 4. The summed E-state index contributed by atoms with van der Waals surface area (Å²) in [6.07, 6.45) is 0. The van der Waals surface area contributed by atoms with Gasteiger partial charge in [-0.05, 0) is 31.2 Å². The molecule has 0 atom stereocenters. The third kappa shape index (κ3) is 2.38. The number of carbonyl (C=O) groups excluding carboxylic acids is 3. The minimum absolute atomic E-state index is 0.0832. The summed E-state index contributed by atoms with van der Waals surface area (Å²) in [6.45, 7) is 1.98. The Labute approximate surface area is 137 Å². The number of carboxylic acid groups (broad SMARTS) is 1. The summed E-state index contributed by atoms with van der Waals surface area (Å²) in [7, 11) is 0. The van der Waals surface area contributed by atoms with Crippen LogP contribution in [0.1, 0.15) is 53.9 Å². The number of amides is 2. The van der Waals surface area contributed by atoms with Crippen molar-refractivity contribution in [2.45, 2.75) is 6.92 Å². The number of imide groups is 1. The molecular weight excluding hydrogens is 310 g/mol. The number of nitrogens with zero attached hydrogens (tertiary/aromatic N) is 1. The number of hydrogen-bond donors (Lipinski definition) is 1. The van der Waals surface area contributed by atoms with Gasteiger partial charge >= 0.3 is 5.97 Å². The van der Waals surface area contributed by atoms with Crippen LogP contribution >= 0.6 is 0 Å². The number of carboxylic acids is 1. The molecule has 0 radical (unpaired) electrons. The van der Waals surface area contributed by atoms with Gasteiger partial charge in [0.25, 0.3) is 11.8 Å². The van der Waals surface area contributed by atoms with Crippen molar-refractivity contribution in [3.63, 3.8) is 0 Å². The molecule has 6 heteroatoms. The van der Waals surface area contributed by atoms with Crippen molar-refractivity contribution in [3.8, 4) is 0 Å². The molecule has 0 saturated carbocycles. The molecule has 2 aromatic carbocycles. The standard InChI is InChI=1S/C18H13NO5/c1-2-19-16(21)13-8-7-12(9-14(13)17(19)22)15(20)10-3-5-11(6-4-10)18(23)24/h3-9H,2H2,1H3,(H,23,24). The third-order valence-electron chi connectivity index (χ3n) is 3.94. The molecule has 1 aliphatic rings. The molecule has 0 fully saturated rings. The second kappa shape index (κ2) is 5.73. The normalized spacial score (nSPS) is 13.1. The average molecular weight is 323 g/mol. The van der Waals surface area contributed by atoms with Gasteiger partial charge in [0.1, 0.15) is 0 Å². The molecule has 2 aromatic rings. The van der Waals surface area contributed by atoms with Crippen LogP contribution in [0, 0.1) is 0 Å². The maximum absolute atomic E-state index is 12.5. The smallest absolute Gasteiger partial charge is 0.335 e. The van der Waals surface area contributed by atoms with Crippen molar-refractivity contribution < 1.29 is 24.3 Å². The summed E-state index contributed by atoms with van der Waals surface area (Å²) in [6, 6.07) is 9.92. The molecule has 2 amide bonds. The van der Waals surface area contributed by atoms with Crippen molar-refractivity contribution >= 4 is 23.6 Å². The van der Waals surface area contributed by atoms with E-state index in [1.807, 2.05) is 0 Å². The second-order valence-electron chi connectivity index (χ2n) is 5.33. The molecule has 120 valence electrons. The number of aromatic carboxylic acids is 1. The lowest BCUT2D eigenvalue weighted by atomic mass is 9.98. The topological polar surface area (TPSA) is 91.8 Å². The summed E-state index contributed by atoms with van der Waals surface area (Å²) in [5.41, 5.74) is 1.18. The van der Waals surface area contributed by atoms with Crippen molar-refractivity contribution in [2.24, 2.45) is 0 Å². The first kappa shape index (κ1) is 15.6. The Morgan fingerprint density at radius 3 is 2.00 bits per heavy atom. The first-order valence-electron chi connectivity index (χ1n) is 7.32. The minimum Gasteiger partial charge on any atom is -0.478 e. The highest BCUT2D eigenvalue weighted by Gasteiger charge is 2.34. The molecule has 1 heterocycles. The van der Waals surface area contributed by atoms with Crippen LogP contribution in [0.5, 0.6) is 0 Å². The zero-order chi connectivity index (χ0) is 17.4. The number of rotatable bonds is 4. The number of hydrogen-bond acceptors (Lipinski definition) is 4. The third-order valence-corrected chi connectivity index (χ3v) is 3.94. The lowest BCUT2D eigenvalue weighted by molar-refractivity contribution is 0.0658. The van der Waals surface area contributed by atoms with Crippen molar-refractivity contribution in [1.82, 2.24) is 4.90 Å². The molecule has 1 N–H and O–H groups in total. The van der Waals surface area contributed by atoms with Gasteiger partial charge in [-0.25, -0.2) is 4.79 Å². The van der Waals surface area contributed by atoms with Crippen LogP contribution in [-0.4, -0.2) is 40.1 Å². The molecule has 0 unspecified atom stereocenters. The van der Waals surface area contributed by atoms with Gasteiger partial charge in [0.2, 0.25) is 0 Å². The van der Waals surface area contributed by atoms with E-state index in [0.717, 1.165) is 4.90 Å². The molecule has 0 saturated heterocycles. The highest BCUT2D eigenvalue weighted by Crippen LogP contribution is 2.24. The van der Waals surface area contributed by atoms with Crippen LogP contribution in [0.2, 0.25) is 0 Å². The fraction of sp³-hybridized carbons (Fsp3) is 0.111. The van der Waals surface area contributed by atoms with Gasteiger partial charge in [-0.2, -0.15) is 0 Å². The molecule has 0 aliphatic carbocycles. The minimum atomic E-state index is -1.07. The molecule has 0 bridgehead atoms. The van der Waals surface area contributed by atoms with E-state index < -0.39 is 11.9 Å². The van der Waals surface area contributed by atoms with Crippen LogP contribution < -0.4 is 0 Å². The van der Waals surface area contributed by atoms with Crippen molar-refractivity contribution in [2.75, 3.05) is 6.54 Å².